The van der Waals surface area contributed by atoms with Crippen molar-refractivity contribution in [3.63, 3.8) is 0 Å². The standard InChI is InChI=1S/C13H20N8/c1-3-15-11-17-12(16-10-4-6-20(2)8-10)19-13(18-11)21-7-5-14-9-21/h5,7,9-10H,3-4,6,8H2,1-2H3,(H2,15,16,17,18,19). The molecular formula is C13H20N8. The van der Waals surface area contributed by atoms with Crippen molar-refractivity contribution in [2.45, 2.75) is 19.4 Å². The summed E-state index contributed by atoms with van der Waals surface area (Å²) in [5, 5.41) is 6.53. The van der Waals surface area contributed by atoms with E-state index in [1.807, 2.05) is 13.1 Å². The summed E-state index contributed by atoms with van der Waals surface area (Å²) < 4.78 is 1.77. The van der Waals surface area contributed by atoms with Gasteiger partial charge in [-0.2, -0.15) is 15.0 Å². The lowest BCUT2D eigenvalue weighted by Crippen LogP contribution is -2.25. The van der Waals surface area contributed by atoms with Gasteiger partial charge in [0.15, 0.2) is 0 Å². The molecule has 8 nitrogen and oxygen atoms in total. The molecule has 0 bridgehead atoms. The molecule has 1 fully saturated rings. The molecule has 0 spiro atoms. The molecule has 0 saturated carbocycles. The first kappa shape index (κ1) is 13.7. The quantitative estimate of drug-likeness (QED) is 0.833. The first-order valence-corrected chi connectivity index (χ1v) is 7.18. The maximum atomic E-state index is 4.48. The number of aromatic nitrogens is 5. The highest BCUT2D eigenvalue weighted by molar-refractivity contribution is 5.38. The molecule has 1 aliphatic rings. The van der Waals surface area contributed by atoms with Crippen LogP contribution >= 0.6 is 0 Å². The van der Waals surface area contributed by atoms with Crippen molar-refractivity contribution in [3.05, 3.63) is 18.7 Å². The summed E-state index contributed by atoms with van der Waals surface area (Å²) in [6.07, 6.45) is 6.30. The normalized spacial score (nSPS) is 18.9. The van der Waals surface area contributed by atoms with Crippen molar-refractivity contribution in [1.82, 2.24) is 29.4 Å². The molecule has 0 radical (unpaired) electrons. The maximum Gasteiger partial charge on any atom is 0.241 e. The molecule has 1 unspecified atom stereocenters. The molecule has 1 saturated heterocycles. The smallest absolute Gasteiger partial charge is 0.241 e. The third kappa shape index (κ3) is 3.27. The van der Waals surface area contributed by atoms with E-state index in [1.165, 1.54) is 0 Å². The first-order valence-electron chi connectivity index (χ1n) is 7.18. The number of hydrogen-bond donors (Lipinski definition) is 2. The third-order valence-electron chi connectivity index (χ3n) is 3.42. The zero-order valence-corrected chi connectivity index (χ0v) is 12.3. The van der Waals surface area contributed by atoms with E-state index in [9.17, 15) is 0 Å². The van der Waals surface area contributed by atoms with Gasteiger partial charge in [0.05, 0.1) is 0 Å². The van der Waals surface area contributed by atoms with Gasteiger partial charge >= 0.3 is 0 Å². The monoisotopic (exact) mass is 288 g/mol. The van der Waals surface area contributed by atoms with Crippen LogP contribution in [-0.2, 0) is 0 Å². The van der Waals surface area contributed by atoms with Crippen molar-refractivity contribution >= 4 is 11.9 Å². The zero-order valence-electron chi connectivity index (χ0n) is 12.3. The van der Waals surface area contributed by atoms with Gasteiger partial charge < -0.3 is 15.5 Å². The minimum Gasteiger partial charge on any atom is -0.354 e. The van der Waals surface area contributed by atoms with Gasteiger partial charge in [-0.25, -0.2) is 4.98 Å². The average molecular weight is 288 g/mol. The average Bonchev–Trinajstić information content (AvgIpc) is 3.11. The number of likely N-dealkylation sites (N-methyl/N-ethyl adjacent to an activating group) is 1. The maximum absolute atomic E-state index is 4.48. The highest BCUT2D eigenvalue weighted by Gasteiger charge is 2.20. The van der Waals surface area contributed by atoms with Gasteiger partial charge in [0.25, 0.3) is 0 Å². The number of nitrogens with one attached hydrogen (secondary N) is 2. The predicted molar refractivity (Wildman–Crippen MR) is 80.6 cm³/mol. The van der Waals surface area contributed by atoms with E-state index in [-0.39, 0.29) is 0 Å². The summed E-state index contributed by atoms with van der Waals surface area (Å²) in [7, 11) is 2.12. The Labute approximate surface area is 123 Å². The molecule has 0 amide bonds. The third-order valence-corrected chi connectivity index (χ3v) is 3.42. The minimum atomic E-state index is 0.377. The topological polar surface area (TPSA) is 83.8 Å². The van der Waals surface area contributed by atoms with Crippen LogP contribution in [0.1, 0.15) is 13.3 Å². The second kappa shape index (κ2) is 6.04. The lowest BCUT2D eigenvalue weighted by atomic mass is 10.3. The number of hydrogen-bond acceptors (Lipinski definition) is 7. The summed E-state index contributed by atoms with van der Waals surface area (Å²) in [4.78, 5) is 19.6. The van der Waals surface area contributed by atoms with Gasteiger partial charge in [-0.05, 0) is 26.9 Å². The number of rotatable bonds is 5. The fraction of sp³-hybridized carbons (Fsp3) is 0.538. The van der Waals surface area contributed by atoms with E-state index < -0.39 is 0 Å². The molecule has 3 rings (SSSR count). The molecule has 3 heterocycles. The molecule has 0 aliphatic carbocycles. The Morgan fingerprint density at radius 3 is 2.81 bits per heavy atom. The van der Waals surface area contributed by atoms with Gasteiger partial charge in [0.2, 0.25) is 17.8 Å². The second-order valence-corrected chi connectivity index (χ2v) is 5.18. The van der Waals surface area contributed by atoms with Gasteiger partial charge in [-0.15, -0.1) is 0 Å². The Morgan fingerprint density at radius 1 is 1.29 bits per heavy atom. The van der Waals surface area contributed by atoms with Crippen LogP contribution in [0, 0.1) is 0 Å². The highest BCUT2D eigenvalue weighted by atomic mass is 15.3. The van der Waals surface area contributed by atoms with Gasteiger partial charge in [-0.1, -0.05) is 0 Å². The number of anilines is 2. The Hall–Kier alpha value is -2.22. The van der Waals surface area contributed by atoms with E-state index in [4.69, 9.17) is 0 Å². The molecule has 1 atom stereocenters. The SMILES string of the molecule is CCNc1nc(NC2CCN(C)C2)nc(-n2ccnc2)n1. The van der Waals surface area contributed by atoms with E-state index in [0.717, 1.165) is 26.1 Å². The highest BCUT2D eigenvalue weighted by Crippen LogP contribution is 2.14. The zero-order chi connectivity index (χ0) is 14.7. The van der Waals surface area contributed by atoms with Crippen molar-refractivity contribution in [2.75, 3.05) is 37.3 Å². The van der Waals surface area contributed by atoms with Crippen molar-refractivity contribution < 1.29 is 0 Å². The van der Waals surface area contributed by atoms with Gasteiger partial charge in [-0.3, -0.25) is 4.57 Å². The summed E-state index contributed by atoms with van der Waals surface area (Å²) in [5.41, 5.74) is 0. The van der Waals surface area contributed by atoms with Crippen LogP contribution in [0.5, 0.6) is 0 Å². The van der Waals surface area contributed by atoms with Crippen molar-refractivity contribution in [2.24, 2.45) is 0 Å². The Kier molecular flexibility index (Phi) is 3.96. The van der Waals surface area contributed by atoms with Crippen LogP contribution in [0.15, 0.2) is 18.7 Å². The van der Waals surface area contributed by atoms with Gasteiger partial charge in [0, 0.05) is 31.5 Å². The molecule has 112 valence electrons. The number of likely N-dealkylation sites (tertiary alicyclic amines) is 1. The summed E-state index contributed by atoms with van der Waals surface area (Å²) >= 11 is 0. The van der Waals surface area contributed by atoms with Crippen molar-refractivity contribution in [3.8, 4) is 5.95 Å². The van der Waals surface area contributed by atoms with Crippen LogP contribution in [0.2, 0.25) is 0 Å². The van der Waals surface area contributed by atoms with E-state index in [2.05, 4.69) is 42.5 Å². The van der Waals surface area contributed by atoms with E-state index in [1.54, 1.807) is 17.1 Å². The molecule has 21 heavy (non-hydrogen) atoms. The van der Waals surface area contributed by atoms with Gasteiger partial charge in [0.1, 0.15) is 6.33 Å². The molecular weight excluding hydrogens is 268 g/mol. The van der Waals surface area contributed by atoms with E-state index >= 15 is 0 Å². The molecule has 2 N–H and O–H groups in total. The molecule has 1 aliphatic heterocycles. The number of nitrogens with zero attached hydrogens (tertiary/aromatic N) is 6. The fourth-order valence-corrected chi connectivity index (χ4v) is 2.39. The summed E-state index contributed by atoms with van der Waals surface area (Å²) in [6.45, 7) is 4.87. The van der Waals surface area contributed by atoms with Crippen LogP contribution in [0.4, 0.5) is 11.9 Å². The number of imidazole rings is 1. The lowest BCUT2D eigenvalue weighted by molar-refractivity contribution is 0.414. The second-order valence-electron chi connectivity index (χ2n) is 5.18. The summed E-state index contributed by atoms with van der Waals surface area (Å²) in [5.74, 6) is 1.74. The van der Waals surface area contributed by atoms with E-state index in [0.29, 0.717) is 23.9 Å². The fourth-order valence-electron chi connectivity index (χ4n) is 2.39. The molecule has 2 aromatic rings. The van der Waals surface area contributed by atoms with Crippen LogP contribution in [0.25, 0.3) is 5.95 Å². The Balaban J connectivity index is 1.84. The molecule has 2 aromatic heterocycles. The van der Waals surface area contributed by atoms with Crippen molar-refractivity contribution in [1.29, 1.82) is 0 Å². The predicted octanol–water partition coefficient (Wildman–Crippen LogP) is 0.605. The molecule has 8 heteroatoms. The summed E-state index contributed by atoms with van der Waals surface area (Å²) in [6, 6.07) is 0.377. The minimum absolute atomic E-state index is 0.377. The lowest BCUT2D eigenvalue weighted by Gasteiger charge is -2.14. The molecule has 0 aromatic carbocycles. The van der Waals surface area contributed by atoms with Crippen LogP contribution in [-0.4, -0.2) is 62.1 Å². The Bertz CT molecular complexity index is 582. The van der Waals surface area contributed by atoms with Crippen LogP contribution < -0.4 is 10.6 Å². The first-order chi connectivity index (χ1) is 10.2. The largest absolute Gasteiger partial charge is 0.354 e. The van der Waals surface area contributed by atoms with Crippen LogP contribution in [0.3, 0.4) is 0 Å². The Morgan fingerprint density at radius 2 is 2.14 bits per heavy atom.